The second-order valence-corrected chi connectivity index (χ2v) is 11.5. The summed E-state index contributed by atoms with van der Waals surface area (Å²) in [7, 11) is 0. The van der Waals surface area contributed by atoms with E-state index in [1.54, 1.807) is 0 Å². The van der Waals surface area contributed by atoms with Crippen molar-refractivity contribution in [1.29, 1.82) is 0 Å². The molecular weight excluding hydrogens is 528 g/mol. The van der Waals surface area contributed by atoms with E-state index in [4.69, 9.17) is 19.9 Å². The van der Waals surface area contributed by atoms with E-state index in [9.17, 15) is 0 Å². The van der Waals surface area contributed by atoms with Crippen LogP contribution in [-0.2, 0) is 0 Å². The Kier molecular flexibility index (Phi) is 5.26. The number of allylic oxidation sites excluding steroid dienone is 6. The fourth-order valence-corrected chi connectivity index (χ4v) is 6.91. The van der Waals surface area contributed by atoms with Gasteiger partial charge in [0.05, 0.1) is 23.1 Å². The first-order valence-electron chi connectivity index (χ1n) is 14.9. The average molecular weight is 557 g/mol. The van der Waals surface area contributed by atoms with Crippen LogP contribution in [0, 0.1) is 0 Å². The van der Waals surface area contributed by atoms with Gasteiger partial charge in [0.25, 0.3) is 0 Å². The zero-order valence-corrected chi connectivity index (χ0v) is 23.7. The first kappa shape index (κ1) is 24.3. The van der Waals surface area contributed by atoms with Gasteiger partial charge in [-0.2, -0.15) is 0 Å². The van der Waals surface area contributed by atoms with E-state index in [2.05, 4.69) is 126 Å². The van der Waals surface area contributed by atoms with E-state index in [-0.39, 0.29) is 12.1 Å². The first-order chi connectivity index (χ1) is 21.2. The summed E-state index contributed by atoms with van der Waals surface area (Å²) < 4.78 is 0. The van der Waals surface area contributed by atoms with Gasteiger partial charge in [-0.3, -0.25) is 4.99 Å². The van der Waals surface area contributed by atoms with Gasteiger partial charge < -0.3 is 9.88 Å². The predicted octanol–water partition coefficient (Wildman–Crippen LogP) is 5.82. The van der Waals surface area contributed by atoms with Gasteiger partial charge in [-0.05, 0) is 42.2 Å². The minimum Gasteiger partial charge on any atom is -0.354 e. The van der Waals surface area contributed by atoms with Crippen LogP contribution in [0.2, 0.25) is 0 Å². The number of nitrogens with zero attached hydrogens (tertiary/aromatic N) is 5. The van der Waals surface area contributed by atoms with Gasteiger partial charge >= 0.3 is 0 Å². The maximum absolute atomic E-state index is 5.31. The number of nitrogens with one attached hydrogen (secondary N) is 1. The van der Waals surface area contributed by atoms with E-state index >= 15 is 0 Å². The van der Waals surface area contributed by atoms with E-state index in [0.29, 0.717) is 17.5 Å². The quantitative estimate of drug-likeness (QED) is 0.304. The van der Waals surface area contributed by atoms with E-state index in [1.165, 1.54) is 5.57 Å². The van der Waals surface area contributed by atoms with Crippen LogP contribution >= 0.6 is 0 Å². The number of para-hydroxylation sites is 1. The SMILES string of the molecule is CC1=CC=CC2N=C3C=c4[nH]c5ccccc5c4=C(c4nc(C5=CCCC=C5)nc(-c5cccc6ccccc56)n4)N3C12. The Labute approximate surface area is 248 Å². The molecule has 2 unspecified atom stereocenters. The maximum Gasteiger partial charge on any atom is 0.181 e. The summed E-state index contributed by atoms with van der Waals surface area (Å²) in [4.78, 5) is 26.9. The Hall–Kier alpha value is -5.36. The third-order valence-corrected chi connectivity index (χ3v) is 8.88. The molecule has 0 bridgehead atoms. The topological polar surface area (TPSA) is 70.1 Å². The standard InChI is InChI=1S/C37H28N6/c1-22-11-9-20-29-33(22)43-31(39-29)21-30-32(27-17-7-8-19-28(27)38-30)34(43)37-41-35(24-13-3-2-4-14-24)40-36(42-37)26-18-10-15-23-12-5-6-16-25(23)26/h3,5-21,29,33,38H,2,4H2,1H3. The molecule has 2 aromatic heterocycles. The highest BCUT2D eigenvalue weighted by Gasteiger charge is 2.41. The Morgan fingerprint density at radius 2 is 1.65 bits per heavy atom. The number of aromatic amines is 1. The van der Waals surface area contributed by atoms with Gasteiger partial charge in [0.1, 0.15) is 5.84 Å². The van der Waals surface area contributed by atoms with E-state index in [0.717, 1.165) is 67.8 Å². The van der Waals surface area contributed by atoms with Crippen molar-refractivity contribution in [2.75, 3.05) is 0 Å². The lowest BCUT2D eigenvalue weighted by Crippen LogP contribution is -2.47. The smallest absolute Gasteiger partial charge is 0.181 e. The molecule has 0 amide bonds. The normalized spacial score (nSPS) is 20.3. The van der Waals surface area contributed by atoms with Crippen LogP contribution in [0.1, 0.15) is 31.4 Å². The maximum atomic E-state index is 5.31. The van der Waals surface area contributed by atoms with E-state index < -0.39 is 0 Å². The van der Waals surface area contributed by atoms with Crippen LogP contribution in [0.5, 0.6) is 0 Å². The summed E-state index contributed by atoms with van der Waals surface area (Å²) in [5.41, 5.74) is 5.34. The molecule has 0 fully saturated rings. The van der Waals surface area contributed by atoms with Crippen molar-refractivity contribution in [2.24, 2.45) is 4.99 Å². The van der Waals surface area contributed by atoms with Gasteiger partial charge in [-0.1, -0.05) is 97.1 Å². The number of hydrogen-bond acceptors (Lipinski definition) is 5. The number of aromatic nitrogens is 4. The van der Waals surface area contributed by atoms with Crippen LogP contribution in [0.25, 0.3) is 50.4 Å². The third kappa shape index (κ3) is 3.73. The Morgan fingerprint density at radius 1 is 0.837 bits per heavy atom. The lowest BCUT2D eigenvalue weighted by Gasteiger charge is -2.33. The van der Waals surface area contributed by atoms with Gasteiger partial charge in [0.2, 0.25) is 0 Å². The summed E-state index contributed by atoms with van der Waals surface area (Å²) in [6.45, 7) is 2.19. The van der Waals surface area contributed by atoms with Crippen molar-refractivity contribution in [2.45, 2.75) is 31.8 Å². The number of fused-ring (bicyclic) bond motifs is 7. The van der Waals surface area contributed by atoms with E-state index in [1.807, 2.05) is 0 Å². The van der Waals surface area contributed by atoms with Crippen molar-refractivity contribution in [3.63, 3.8) is 0 Å². The summed E-state index contributed by atoms with van der Waals surface area (Å²) in [6, 6.07) is 23.3. The van der Waals surface area contributed by atoms with Gasteiger partial charge in [-0.15, -0.1) is 0 Å². The van der Waals surface area contributed by atoms with Crippen molar-refractivity contribution < 1.29 is 0 Å². The summed E-state index contributed by atoms with van der Waals surface area (Å²) in [5, 5.41) is 5.55. The molecule has 2 atom stereocenters. The van der Waals surface area contributed by atoms with Crippen LogP contribution in [0.3, 0.4) is 0 Å². The van der Waals surface area contributed by atoms with Crippen LogP contribution < -0.4 is 10.6 Å². The number of rotatable bonds is 3. The molecule has 43 heavy (non-hydrogen) atoms. The fourth-order valence-electron chi connectivity index (χ4n) is 6.91. The van der Waals surface area contributed by atoms with Crippen molar-refractivity contribution in [3.8, 4) is 11.4 Å². The summed E-state index contributed by atoms with van der Waals surface area (Å²) >= 11 is 0. The van der Waals surface area contributed by atoms with Crippen molar-refractivity contribution in [3.05, 3.63) is 131 Å². The molecule has 206 valence electrons. The van der Waals surface area contributed by atoms with Gasteiger partial charge in [-0.25, -0.2) is 15.0 Å². The number of aliphatic imine (C=N–C) groups is 1. The molecule has 6 heteroatoms. The van der Waals surface area contributed by atoms with Crippen LogP contribution in [0.15, 0.2) is 114 Å². The summed E-state index contributed by atoms with van der Waals surface area (Å²) in [6.07, 6.45) is 17.3. The molecule has 0 radical (unpaired) electrons. The first-order valence-corrected chi connectivity index (χ1v) is 14.9. The lowest BCUT2D eigenvalue weighted by molar-refractivity contribution is 0.469. The highest BCUT2D eigenvalue weighted by molar-refractivity contribution is 6.15. The number of amidine groups is 1. The molecule has 3 aromatic carbocycles. The van der Waals surface area contributed by atoms with Crippen LogP contribution in [0.4, 0.5) is 0 Å². The molecule has 2 aliphatic heterocycles. The average Bonchev–Trinajstić information content (AvgIpc) is 3.62. The molecule has 5 aromatic rings. The molecule has 4 heterocycles. The molecule has 0 saturated heterocycles. The second kappa shape index (κ2) is 9.33. The molecule has 1 N–H and O–H groups in total. The van der Waals surface area contributed by atoms with Gasteiger partial charge in [0, 0.05) is 33.3 Å². The number of H-pyrrole nitrogens is 1. The zero-order valence-electron chi connectivity index (χ0n) is 23.7. The highest BCUT2D eigenvalue weighted by Crippen LogP contribution is 2.36. The number of benzene rings is 3. The van der Waals surface area contributed by atoms with Crippen LogP contribution in [-0.4, -0.2) is 42.8 Å². The van der Waals surface area contributed by atoms with Crippen molar-refractivity contribution in [1.82, 2.24) is 24.8 Å². The third-order valence-electron chi connectivity index (χ3n) is 8.88. The summed E-state index contributed by atoms with van der Waals surface area (Å²) in [5.74, 6) is 2.94. The highest BCUT2D eigenvalue weighted by atomic mass is 15.3. The molecule has 4 aliphatic rings. The van der Waals surface area contributed by atoms with Crippen molar-refractivity contribution >= 4 is 44.9 Å². The molecule has 6 nitrogen and oxygen atoms in total. The Balaban J connectivity index is 1.39. The fraction of sp³-hybridized carbons (Fsp3) is 0.135. The molecular formula is C37H28N6. The molecule has 0 spiro atoms. The predicted molar refractivity (Wildman–Crippen MR) is 173 cm³/mol. The molecule has 0 saturated carbocycles. The minimum atomic E-state index is 0.0318. The Bertz CT molecular complexity index is 2270. The largest absolute Gasteiger partial charge is 0.354 e. The molecule has 9 rings (SSSR count). The van der Waals surface area contributed by atoms with Gasteiger partial charge in [0.15, 0.2) is 17.5 Å². The monoisotopic (exact) mass is 556 g/mol. The Morgan fingerprint density at radius 3 is 2.56 bits per heavy atom. The second-order valence-electron chi connectivity index (χ2n) is 11.5. The zero-order chi connectivity index (χ0) is 28.5. The lowest BCUT2D eigenvalue weighted by atomic mass is 9.94. The minimum absolute atomic E-state index is 0.0318. The molecule has 2 aliphatic carbocycles. The number of hydrogen-bond donors (Lipinski definition) is 1.